The summed E-state index contributed by atoms with van der Waals surface area (Å²) in [5.74, 6) is -0.000343. The van der Waals surface area contributed by atoms with Crippen LogP contribution in [-0.2, 0) is 14.0 Å². The molecule has 0 aliphatic heterocycles. The molecular weight excluding hydrogens is 404 g/mol. The van der Waals surface area contributed by atoms with Crippen LogP contribution in [0.15, 0.2) is 12.2 Å². The van der Waals surface area contributed by atoms with Crippen molar-refractivity contribution in [2.75, 3.05) is 6.61 Å². The minimum absolute atomic E-state index is 0.104. The molecule has 1 fully saturated rings. The third-order valence-corrected chi connectivity index (χ3v) is 11.6. The zero-order chi connectivity index (χ0) is 23.5. The number of rotatable bonds is 13. The molecule has 3 unspecified atom stereocenters. The SMILES string of the molecule is CCCCCCCC(/C=C/C1CCCC(O)(CC(=O)OCC)C1)O[Si](C)(C)C(C)(C)C. The van der Waals surface area contributed by atoms with Crippen molar-refractivity contribution in [1.82, 2.24) is 0 Å². The summed E-state index contributed by atoms with van der Waals surface area (Å²) < 4.78 is 11.8. The fraction of sp³-hybridized carbons (Fsp3) is 0.885. The quantitative estimate of drug-likeness (QED) is 0.139. The van der Waals surface area contributed by atoms with Crippen LogP contribution in [0, 0.1) is 5.92 Å². The van der Waals surface area contributed by atoms with Crippen LogP contribution in [-0.4, -0.2) is 37.7 Å². The Morgan fingerprint density at radius 3 is 2.48 bits per heavy atom. The number of carbonyl (C=O) groups is 1. The molecule has 0 heterocycles. The van der Waals surface area contributed by atoms with E-state index in [-0.39, 0.29) is 23.5 Å². The molecule has 0 bridgehead atoms. The van der Waals surface area contributed by atoms with E-state index in [1.807, 2.05) is 0 Å². The standard InChI is InChI=1S/C26H50O4Si/c1-8-10-11-12-13-16-23(30-31(6,7)25(3,4)5)18-17-22-15-14-19-26(28,20-22)21-24(27)29-9-2/h17-18,22-23,28H,8-16,19-21H2,1-7H3/b18-17+. The van der Waals surface area contributed by atoms with Gasteiger partial charge in [0.2, 0.25) is 0 Å². The predicted octanol–water partition coefficient (Wildman–Crippen LogP) is 7.17. The van der Waals surface area contributed by atoms with E-state index < -0.39 is 13.9 Å². The van der Waals surface area contributed by atoms with Crippen LogP contribution in [0.1, 0.15) is 105 Å². The Labute approximate surface area is 193 Å². The predicted molar refractivity (Wildman–Crippen MR) is 133 cm³/mol. The molecule has 1 N–H and O–H groups in total. The number of allylic oxidation sites excluding steroid dienone is 1. The van der Waals surface area contributed by atoms with Crippen LogP contribution in [0.2, 0.25) is 18.1 Å². The van der Waals surface area contributed by atoms with Gasteiger partial charge in [0.15, 0.2) is 8.32 Å². The van der Waals surface area contributed by atoms with Crippen LogP contribution in [0.3, 0.4) is 0 Å². The van der Waals surface area contributed by atoms with Gasteiger partial charge in [-0.05, 0) is 63.1 Å². The number of carbonyl (C=O) groups excluding carboxylic acids is 1. The summed E-state index contributed by atoms with van der Waals surface area (Å²) in [5, 5.41) is 11.1. The first-order chi connectivity index (χ1) is 14.4. The highest BCUT2D eigenvalue weighted by molar-refractivity contribution is 6.74. The van der Waals surface area contributed by atoms with Gasteiger partial charge in [-0.15, -0.1) is 0 Å². The molecule has 0 amide bonds. The molecule has 0 spiro atoms. The Morgan fingerprint density at radius 2 is 1.87 bits per heavy atom. The molecule has 0 aromatic carbocycles. The number of aliphatic hydroxyl groups is 1. The van der Waals surface area contributed by atoms with Crippen molar-refractivity contribution in [3.8, 4) is 0 Å². The molecule has 1 saturated carbocycles. The molecule has 0 aromatic heterocycles. The van der Waals surface area contributed by atoms with Gasteiger partial charge < -0.3 is 14.3 Å². The van der Waals surface area contributed by atoms with Crippen molar-refractivity contribution >= 4 is 14.3 Å². The minimum atomic E-state index is -1.85. The number of hydrogen-bond donors (Lipinski definition) is 1. The number of esters is 1. The van der Waals surface area contributed by atoms with E-state index in [1.165, 1.54) is 32.1 Å². The molecule has 0 aromatic rings. The van der Waals surface area contributed by atoms with E-state index in [4.69, 9.17) is 9.16 Å². The maximum atomic E-state index is 11.9. The van der Waals surface area contributed by atoms with Crippen LogP contribution < -0.4 is 0 Å². The molecule has 31 heavy (non-hydrogen) atoms. The lowest BCUT2D eigenvalue weighted by Crippen LogP contribution is -2.43. The molecule has 3 atom stereocenters. The normalized spacial score (nSPS) is 23.8. The summed E-state index contributed by atoms with van der Waals surface area (Å²) in [6.45, 7) is 15.9. The smallest absolute Gasteiger partial charge is 0.308 e. The third-order valence-electron chi connectivity index (χ3n) is 7.08. The Hall–Kier alpha value is -0.653. The van der Waals surface area contributed by atoms with E-state index in [0.29, 0.717) is 25.4 Å². The molecule has 1 rings (SSSR count). The van der Waals surface area contributed by atoms with Crippen molar-refractivity contribution in [2.45, 2.75) is 135 Å². The summed E-state index contributed by atoms with van der Waals surface area (Å²) in [4.78, 5) is 11.9. The van der Waals surface area contributed by atoms with Gasteiger partial charge in [0.25, 0.3) is 0 Å². The van der Waals surface area contributed by atoms with Gasteiger partial charge in [0.05, 0.1) is 24.7 Å². The van der Waals surface area contributed by atoms with Crippen LogP contribution >= 0.6 is 0 Å². The maximum Gasteiger partial charge on any atom is 0.308 e. The first kappa shape index (κ1) is 28.4. The third kappa shape index (κ3) is 10.7. The first-order valence-electron chi connectivity index (χ1n) is 12.7. The van der Waals surface area contributed by atoms with Crippen molar-refractivity contribution in [1.29, 1.82) is 0 Å². The Bertz CT molecular complexity index is 552. The molecule has 0 radical (unpaired) electrons. The Balaban J connectivity index is 2.77. The second-order valence-electron chi connectivity index (χ2n) is 11.1. The average molecular weight is 455 g/mol. The molecule has 1 aliphatic carbocycles. The number of hydrogen-bond acceptors (Lipinski definition) is 4. The Kier molecular flexibility index (Phi) is 12.0. The molecule has 4 nitrogen and oxygen atoms in total. The fourth-order valence-electron chi connectivity index (χ4n) is 4.17. The van der Waals surface area contributed by atoms with Gasteiger partial charge in [-0.3, -0.25) is 4.79 Å². The zero-order valence-corrected chi connectivity index (χ0v) is 22.5. The zero-order valence-electron chi connectivity index (χ0n) is 21.5. The monoisotopic (exact) mass is 454 g/mol. The van der Waals surface area contributed by atoms with Gasteiger partial charge >= 0.3 is 5.97 Å². The van der Waals surface area contributed by atoms with Crippen molar-refractivity contribution in [2.24, 2.45) is 5.92 Å². The largest absolute Gasteiger partial charge is 0.466 e. The van der Waals surface area contributed by atoms with E-state index in [9.17, 15) is 9.90 Å². The van der Waals surface area contributed by atoms with Gasteiger partial charge in [-0.25, -0.2) is 0 Å². The summed E-state index contributed by atoms with van der Waals surface area (Å²) in [7, 11) is -1.85. The van der Waals surface area contributed by atoms with E-state index in [0.717, 1.165) is 19.3 Å². The minimum Gasteiger partial charge on any atom is -0.466 e. The fourth-order valence-corrected chi connectivity index (χ4v) is 5.48. The lowest BCUT2D eigenvalue weighted by atomic mass is 9.76. The van der Waals surface area contributed by atoms with Gasteiger partial charge in [-0.2, -0.15) is 0 Å². The van der Waals surface area contributed by atoms with Crippen LogP contribution in [0.4, 0.5) is 0 Å². The highest BCUT2D eigenvalue weighted by Crippen LogP contribution is 2.39. The van der Waals surface area contributed by atoms with Gasteiger partial charge in [0, 0.05) is 0 Å². The lowest BCUT2D eigenvalue weighted by molar-refractivity contribution is -0.150. The van der Waals surface area contributed by atoms with Crippen molar-refractivity contribution < 1.29 is 19.1 Å². The molecule has 5 heteroatoms. The molecular formula is C26H50O4Si. The summed E-state index contributed by atoms with van der Waals surface area (Å²) in [5.41, 5.74) is -0.935. The summed E-state index contributed by atoms with van der Waals surface area (Å²) in [6.07, 6.45) is 15.5. The second kappa shape index (κ2) is 13.2. The Morgan fingerprint density at radius 1 is 1.19 bits per heavy atom. The topological polar surface area (TPSA) is 55.8 Å². The van der Waals surface area contributed by atoms with Crippen LogP contribution in [0.25, 0.3) is 0 Å². The van der Waals surface area contributed by atoms with E-state index in [2.05, 4.69) is 52.9 Å². The average Bonchev–Trinajstić information content (AvgIpc) is 2.64. The summed E-state index contributed by atoms with van der Waals surface area (Å²) in [6, 6.07) is 0. The highest BCUT2D eigenvalue weighted by Gasteiger charge is 2.39. The van der Waals surface area contributed by atoms with Crippen molar-refractivity contribution in [3.05, 3.63) is 12.2 Å². The van der Waals surface area contributed by atoms with Gasteiger partial charge in [0.1, 0.15) is 0 Å². The summed E-state index contributed by atoms with van der Waals surface area (Å²) >= 11 is 0. The van der Waals surface area contributed by atoms with E-state index in [1.54, 1.807) is 6.92 Å². The number of unbranched alkanes of at least 4 members (excludes halogenated alkanes) is 4. The highest BCUT2D eigenvalue weighted by atomic mass is 28.4. The first-order valence-corrected chi connectivity index (χ1v) is 15.6. The maximum absolute atomic E-state index is 11.9. The van der Waals surface area contributed by atoms with Crippen LogP contribution in [0.5, 0.6) is 0 Å². The molecule has 182 valence electrons. The van der Waals surface area contributed by atoms with Gasteiger partial charge in [-0.1, -0.05) is 72.0 Å². The second-order valence-corrected chi connectivity index (χ2v) is 15.8. The van der Waals surface area contributed by atoms with E-state index >= 15 is 0 Å². The molecule has 1 aliphatic rings. The number of ether oxygens (including phenoxy) is 1. The molecule has 0 saturated heterocycles. The van der Waals surface area contributed by atoms with Crippen molar-refractivity contribution in [3.63, 3.8) is 0 Å². The lowest BCUT2D eigenvalue weighted by Gasteiger charge is -2.39.